The number of hydrogen-bond donors (Lipinski definition) is 2. The number of nitro groups is 1. The smallest absolute Gasteiger partial charge is 0.270 e. The van der Waals surface area contributed by atoms with Crippen molar-refractivity contribution < 1.29 is 13.3 Å². The van der Waals surface area contributed by atoms with Crippen molar-refractivity contribution in [2.24, 2.45) is 0 Å². The molecule has 2 rings (SSSR count). The Labute approximate surface area is 127 Å². The highest BCUT2D eigenvalue weighted by Gasteiger charge is 2.24. The van der Waals surface area contributed by atoms with Crippen molar-refractivity contribution in [2.45, 2.75) is 23.0 Å². The highest BCUT2D eigenvalue weighted by Crippen LogP contribution is 2.28. The summed E-state index contributed by atoms with van der Waals surface area (Å²) in [5.74, 6) is 1.05. The molecule has 7 nitrogen and oxygen atoms in total. The quantitative estimate of drug-likeness (QED) is 0.609. The fraction of sp³-hybridized carbons (Fsp3) is 0.500. The van der Waals surface area contributed by atoms with Crippen LogP contribution in [0.25, 0.3) is 0 Å². The molecule has 1 fully saturated rings. The van der Waals surface area contributed by atoms with Crippen LogP contribution in [0, 0.1) is 10.1 Å². The lowest BCUT2D eigenvalue weighted by Gasteiger charge is -2.13. The van der Waals surface area contributed by atoms with Crippen LogP contribution in [0.1, 0.15) is 12.8 Å². The van der Waals surface area contributed by atoms with Gasteiger partial charge < -0.3 is 5.32 Å². The summed E-state index contributed by atoms with van der Waals surface area (Å²) in [5, 5.41) is 13.8. The van der Waals surface area contributed by atoms with E-state index in [4.69, 9.17) is 0 Å². The van der Waals surface area contributed by atoms with E-state index in [9.17, 15) is 18.5 Å². The van der Waals surface area contributed by atoms with Crippen molar-refractivity contribution in [2.75, 3.05) is 24.7 Å². The molecule has 1 aromatic carbocycles. The van der Waals surface area contributed by atoms with E-state index in [0.717, 1.165) is 24.7 Å². The third-order valence-electron chi connectivity index (χ3n) is 3.26. The number of non-ortho nitro benzene ring substituents is 1. The van der Waals surface area contributed by atoms with Gasteiger partial charge in [-0.2, -0.15) is 11.8 Å². The standard InChI is InChI=1S/C12H17N3O4S2/c1-13-11-5-4-9(15(16)17)7-12(11)21(18,19)14-8-10-3-2-6-20-10/h4-5,7,10,13-14H,2-3,6,8H2,1H3. The van der Waals surface area contributed by atoms with Gasteiger partial charge in [0.05, 0.1) is 10.6 Å². The average molecular weight is 331 g/mol. The minimum atomic E-state index is -3.78. The summed E-state index contributed by atoms with van der Waals surface area (Å²) in [4.78, 5) is 10.1. The summed E-state index contributed by atoms with van der Waals surface area (Å²) < 4.78 is 27.3. The highest BCUT2D eigenvalue weighted by atomic mass is 32.2. The van der Waals surface area contributed by atoms with E-state index in [1.54, 1.807) is 18.8 Å². The maximum Gasteiger partial charge on any atom is 0.270 e. The Balaban J connectivity index is 2.24. The molecule has 0 aromatic heterocycles. The van der Waals surface area contributed by atoms with Gasteiger partial charge in [-0.1, -0.05) is 0 Å². The van der Waals surface area contributed by atoms with Gasteiger partial charge in [0.1, 0.15) is 4.90 Å². The van der Waals surface area contributed by atoms with E-state index in [1.807, 2.05) is 0 Å². The third kappa shape index (κ3) is 3.86. The van der Waals surface area contributed by atoms with Crippen LogP contribution in [0.15, 0.2) is 23.1 Å². The molecule has 0 radical (unpaired) electrons. The molecule has 0 saturated carbocycles. The molecule has 21 heavy (non-hydrogen) atoms. The molecule has 116 valence electrons. The van der Waals surface area contributed by atoms with Crippen LogP contribution >= 0.6 is 11.8 Å². The minimum absolute atomic E-state index is 0.0952. The lowest BCUT2D eigenvalue weighted by molar-refractivity contribution is -0.385. The second-order valence-electron chi connectivity index (χ2n) is 4.67. The molecule has 0 spiro atoms. The molecule has 1 unspecified atom stereocenters. The zero-order valence-electron chi connectivity index (χ0n) is 11.5. The van der Waals surface area contributed by atoms with Crippen molar-refractivity contribution in [3.63, 3.8) is 0 Å². The summed E-state index contributed by atoms with van der Waals surface area (Å²) in [7, 11) is -2.20. The van der Waals surface area contributed by atoms with E-state index in [0.29, 0.717) is 12.2 Å². The second-order valence-corrected chi connectivity index (χ2v) is 7.82. The van der Waals surface area contributed by atoms with E-state index >= 15 is 0 Å². The normalized spacial score (nSPS) is 18.6. The lowest BCUT2D eigenvalue weighted by Crippen LogP contribution is -2.30. The fourth-order valence-electron chi connectivity index (χ4n) is 2.14. The number of nitrogens with one attached hydrogen (secondary N) is 2. The molecule has 0 amide bonds. The number of hydrogen-bond acceptors (Lipinski definition) is 6. The first-order valence-electron chi connectivity index (χ1n) is 6.51. The van der Waals surface area contributed by atoms with Crippen LogP contribution in [0.4, 0.5) is 11.4 Å². The highest BCUT2D eigenvalue weighted by molar-refractivity contribution is 8.00. The summed E-state index contributed by atoms with van der Waals surface area (Å²) in [6, 6.07) is 3.75. The molecule has 1 aromatic rings. The number of rotatable bonds is 6. The van der Waals surface area contributed by atoms with Crippen molar-refractivity contribution in [1.82, 2.24) is 4.72 Å². The molecule has 0 bridgehead atoms. The van der Waals surface area contributed by atoms with Gasteiger partial charge in [-0.3, -0.25) is 10.1 Å². The van der Waals surface area contributed by atoms with Crippen molar-refractivity contribution in [3.8, 4) is 0 Å². The van der Waals surface area contributed by atoms with Crippen LogP contribution in [-0.2, 0) is 10.0 Å². The van der Waals surface area contributed by atoms with Crippen LogP contribution in [0.5, 0.6) is 0 Å². The lowest BCUT2D eigenvalue weighted by atomic mass is 10.2. The van der Waals surface area contributed by atoms with E-state index in [1.165, 1.54) is 12.1 Å². The Hall–Kier alpha value is -1.32. The largest absolute Gasteiger partial charge is 0.387 e. The Bertz CT molecular complexity index is 627. The molecular weight excluding hydrogens is 314 g/mol. The van der Waals surface area contributed by atoms with E-state index in [2.05, 4.69) is 10.0 Å². The van der Waals surface area contributed by atoms with Gasteiger partial charge in [-0.25, -0.2) is 13.1 Å². The van der Waals surface area contributed by atoms with Crippen molar-refractivity contribution in [1.29, 1.82) is 0 Å². The molecule has 1 heterocycles. The monoisotopic (exact) mass is 331 g/mol. The number of nitro benzene ring substituents is 1. The van der Waals surface area contributed by atoms with Gasteiger partial charge in [0.2, 0.25) is 10.0 Å². The number of sulfonamides is 1. The van der Waals surface area contributed by atoms with Gasteiger partial charge >= 0.3 is 0 Å². The molecule has 9 heteroatoms. The summed E-state index contributed by atoms with van der Waals surface area (Å²) in [5.41, 5.74) is 0.0943. The summed E-state index contributed by atoms with van der Waals surface area (Å²) in [6.45, 7) is 0.346. The molecule has 0 aliphatic carbocycles. The first kappa shape index (κ1) is 16.1. The zero-order valence-corrected chi connectivity index (χ0v) is 13.2. The molecule has 1 atom stereocenters. The van der Waals surface area contributed by atoms with Gasteiger partial charge in [0.15, 0.2) is 0 Å². The maximum absolute atomic E-state index is 12.4. The molecular formula is C12H17N3O4S2. The van der Waals surface area contributed by atoms with Crippen LogP contribution in [0.3, 0.4) is 0 Å². The van der Waals surface area contributed by atoms with Crippen LogP contribution < -0.4 is 10.0 Å². The Kier molecular flexibility index (Phi) is 5.07. The molecule has 1 saturated heterocycles. The van der Waals surface area contributed by atoms with Gasteiger partial charge in [-0.05, 0) is 24.7 Å². The van der Waals surface area contributed by atoms with Gasteiger partial charge in [0.25, 0.3) is 5.69 Å². The summed E-state index contributed by atoms with van der Waals surface area (Å²) in [6.07, 6.45) is 2.08. The second kappa shape index (κ2) is 6.63. The first-order chi connectivity index (χ1) is 9.94. The molecule has 1 aliphatic rings. The van der Waals surface area contributed by atoms with Gasteiger partial charge in [0, 0.05) is 31.0 Å². The maximum atomic E-state index is 12.4. The van der Waals surface area contributed by atoms with Crippen LogP contribution in [0.2, 0.25) is 0 Å². The Morgan fingerprint density at radius 3 is 2.81 bits per heavy atom. The first-order valence-corrected chi connectivity index (χ1v) is 9.04. The number of anilines is 1. The Morgan fingerprint density at radius 2 is 2.24 bits per heavy atom. The Morgan fingerprint density at radius 1 is 1.48 bits per heavy atom. The third-order valence-corrected chi connectivity index (χ3v) is 6.12. The fourth-order valence-corrected chi connectivity index (χ4v) is 4.76. The predicted octanol–water partition coefficient (Wildman–Crippen LogP) is 1.81. The number of benzene rings is 1. The number of thioether (sulfide) groups is 1. The molecule has 1 aliphatic heterocycles. The minimum Gasteiger partial charge on any atom is -0.387 e. The predicted molar refractivity (Wildman–Crippen MR) is 83.3 cm³/mol. The van der Waals surface area contributed by atoms with Crippen LogP contribution in [-0.4, -0.2) is 37.9 Å². The van der Waals surface area contributed by atoms with E-state index in [-0.39, 0.29) is 15.8 Å². The average Bonchev–Trinajstić information content (AvgIpc) is 2.98. The molecule has 2 N–H and O–H groups in total. The van der Waals surface area contributed by atoms with Gasteiger partial charge in [-0.15, -0.1) is 0 Å². The van der Waals surface area contributed by atoms with Crippen molar-refractivity contribution >= 4 is 33.2 Å². The topological polar surface area (TPSA) is 101 Å². The SMILES string of the molecule is CNc1ccc([N+](=O)[O-])cc1S(=O)(=O)NCC1CCCS1. The summed E-state index contributed by atoms with van der Waals surface area (Å²) >= 11 is 1.75. The zero-order chi connectivity index (χ0) is 15.5. The van der Waals surface area contributed by atoms with E-state index < -0.39 is 14.9 Å². The van der Waals surface area contributed by atoms with Crippen molar-refractivity contribution in [3.05, 3.63) is 28.3 Å². The number of nitrogens with zero attached hydrogens (tertiary/aromatic N) is 1.